The molecule has 7 nitrogen and oxygen atoms in total. The van der Waals surface area contributed by atoms with Gasteiger partial charge < -0.3 is 20.5 Å². The molecule has 1 atom stereocenters. The van der Waals surface area contributed by atoms with Crippen LogP contribution in [0, 0.1) is 0 Å². The van der Waals surface area contributed by atoms with Gasteiger partial charge in [-0.05, 0) is 48.3 Å². The molecule has 1 aliphatic heterocycles. The molecule has 3 N–H and O–H groups in total. The lowest BCUT2D eigenvalue weighted by Crippen LogP contribution is -2.25. The first-order valence-corrected chi connectivity index (χ1v) is 8.80. The lowest BCUT2D eigenvalue weighted by Gasteiger charge is -2.24. The number of aliphatic hydroxyl groups is 1. The molecule has 27 heavy (non-hydrogen) atoms. The molecular weight excluding hydrogens is 346 g/mol. The average molecular weight is 369 g/mol. The van der Waals surface area contributed by atoms with Gasteiger partial charge in [-0.1, -0.05) is 6.07 Å². The van der Waals surface area contributed by atoms with Gasteiger partial charge in [-0.15, -0.1) is 0 Å². The van der Waals surface area contributed by atoms with Crippen LogP contribution in [0.15, 0.2) is 46.8 Å². The number of rotatable bonds is 6. The van der Waals surface area contributed by atoms with Gasteiger partial charge in [0.15, 0.2) is 0 Å². The Balaban J connectivity index is 2.11. The lowest BCUT2D eigenvalue weighted by molar-refractivity contribution is -0.116. The SMILES string of the molecule is CC(O)C(CN(C)C=O)=C1C=C(c2cccc(C(N)=O)n2)C2=C(CCO2)C1. The second-order valence-electron chi connectivity index (χ2n) is 6.79. The number of nitrogens with two attached hydrogens (primary N) is 1. The second-order valence-corrected chi connectivity index (χ2v) is 6.79. The quantitative estimate of drug-likeness (QED) is 0.738. The fourth-order valence-corrected chi connectivity index (χ4v) is 3.38. The molecule has 0 fully saturated rings. The fourth-order valence-electron chi connectivity index (χ4n) is 3.38. The van der Waals surface area contributed by atoms with Crippen molar-refractivity contribution in [1.82, 2.24) is 9.88 Å². The first kappa shape index (κ1) is 18.8. The molecule has 0 saturated heterocycles. The highest BCUT2D eigenvalue weighted by Gasteiger charge is 2.28. The van der Waals surface area contributed by atoms with Crippen LogP contribution in [0.5, 0.6) is 0 Å². The van der Waals surface area contributed by atoms with E-state index in [1.54, 1.807) is 32.2 Å². The van der Waals surface area contributed by atoms with Crippen LogP contribution in [0.3, 0.4) is 0 Å². The van der Waals surface area contributed by atoms with E-state index in [1.165, 1.54) is 4.90 Å². The van der Waals surface area contributed by atoms with Crippen molar-refractivity contribution in [2.24, 2.45) is 5.73 Å². The number of aliphatic hydroxyl groups excluding tert-OH is 1. The third-order valence-corrected chi connectivity index (χ3v) is 4.73. The highest BCUT2D eigenvalue weighted by molar-refractivity contribution is 5.91. The van der Waals surface area contributed by atoms with E-state index < -0.39 is 12.0 Å². The molecule has 2 aliphatic rings. The van der Waals surface area contributed by atoms with Crippen molar-refractivity contribution in [3.63, 3.8) is 0 Å². The number of ether oxygens (including phenoxy) is 1. The van der Waals surface area contributed by atoms with Gasteiger partial charge in [-0.2, -0.15) is 0 Å². The van der Waals surface area contributed by atoms with Gasteiger partial charge in [0.25, 0.3) is 5.91 Å². The molecule has 2 amide bonds. The normalized spacial score (nSPS) is 19.0. The topological polar surface area (TPSA) is 106 Å². The number of hydrogen-bond donors (Lipinski definition) is 2. The van der Waals surface area contributed by atoms with E-state index in [1.807, 2.05) is 6.08 Å². The summed E-state index contributed by atoms with van der Waals surface area (Å²) in [6, 6.07) is 5.09. The Morgan fingerprint density at radius 3 is 2.93 bits per heavy atom. The maximum atomic E-state index is 11.5. The Labute approximate surface area is 157 Å². The van der Waals surface area contributed by atoms with Crippen molar-refractivity contribution in [2.45, 2.75) is 25.9 Å². The van der Waals surface area contributed by atoms with Crippen molar-refractivity contribution in [3.05, 3.63) is 58.1 Å². The van der Waals surface area contributed by atoms with Gasteiger partial charge in [0.2, 0.25) is 6.41 Å². The number of carbonyl (C=O) groups is 2. The Bertz CT molecular complexity index is 868. The average Bonchev–Trinajstić information content (AvgIpc) is 3.13. The van der Waals surface area contributed by atoms with Crippen LogP contribution in [0.1, 0.15) is 35.9 Å². The standard InChI is InChI=1S/C20H23N3O4/c1-12(25)16(10-23(2)11-24)14-8-13-6-7-27-19(13)15(9-14)17-4-3-5-18(22-17)20(21)26/h3-5,9,11-12,25H,6-8,10H2,1-2H3,(H2,21,26). The van der Waals surface area contributed by atoms with Crippen LogP contribution in [0.2, 0.25) is 0 Å². The van der Waals surface area contributed by atoms with Crippen LogP contribution in [-0.4, -0.2) is 53.6 Å². The van der Waals surface area contributed by atoms with Crippen LogP contribution in [0.25, 0.3) is 5.57 Å². The van der Waals surface area contributed by atoms with Crippen molar-refractivity contribution >= 4 is 17.9 Å². The number of nitrogens with zero attached hydrogens (tertiary/aromatic N) is 2. The largest absolute Gasteiger partial charge is 0.493 e. The highest BCUT2D eigenvalue weighted by Crippen LogP contribution is 2.41. The molecule has 2 heterocycles. The summed E-state index contributed by atoms with van der Waals surface area (Å²) in [5.74, 6) is 0.185. The number of aromatic nitrogens is 1. The van der Waals surface area contributed by atoms with Crippen molar-refractivity contribution < 1.29 is 19.4 Å². The van der Waals surface area contributed by atoms with Gasteiger partial charge in [-0.3, -0.25) is 9.59 Å². The lowest BCUT2D eigenvalue weighted by atomic mass is 9.87. The predicted octanol–water partition coefficient (Wildman–Crippen LogP) is 1.41. The summed E-state index contributed by atoms with van der Waals surface area (Å²) in [5.41, 5.74) is 9.72. The highest BCUT2D eigenvalue weighted by atomic mass is 16.5. The molecule has 0 saturated carbocycles. The Morgan fingerprint density at radius 1 is 1.48 bits per heavy atom. The number of likely N-dealkylation sites (N-methyl/N-ethyl adjacent to an activating group) is 1. The zero-order valence-electron chi connectivity index (χ0n) is 15.4. The first-order valence-electron chi connectivity index (χ1n) is 8.80. The van der Waals surface area contributed by atoms with E-state index in [9.17, 15) is 14.7 Å². The van der Waals surface area contributed by atoms with E-state index in [0.717, 1.165) is 40.9 Å². The van der Waals surface area contributed by atoms with Crippen LogP contribution in [0.4, 0.5) is 0 Å². The van der Waals surface area contributed by atoms with Gasteiger partial charge in [0.1, 0.15) is 11.5 Å². The van der Waals surface area contributed by atoms with Crippen molar-refractivity contribution in [1.29, 1.82) is 0 Å². The molecule has 0 aromatic carbocycles. The van der Waals surface area contributed by atoms with E-state index in [0.29, 0.717) is 25.3 Å². The van der Waals surface area contributed by atoms with E-state index in [-0.39, 0.29) is 5.69 Å². The molecule has 0 radical (unpaired) electrons. The number of hydrogen-bond acceptors (Lipinski definition) is 5. The summed E-state index contributed by atoms with van der Waals surface area (Å²) in [6.07, 6.45) is 3.41. The van der Waals surface area contributed by atoms with E-state index >= 15 is 0 Å². The zero-order valence-corrected chi connectivity index (χ0v) is 15.4. The van der Waals surface area contributed by atoms with E-state index in [4.69, 9.17) is 10.5 Å². The van der Waals surface area contributed by atoms with Crippen molar-refractivity contribution in [2.75, 3.05) is 20.2 Å². The number of allylic oxidation sites excluding steroid dienone is 3. The summed E-state index contributed by atoms with van der Waals surface area (Å²) in [6.45, 7) is 2.61. The Morgan fingerprint density at radius 2 is 2.26 bits per heavy atom. The minimum absolute atomic E-state index is 0.182. The Kier molecular flexibility index (Phi) is 5.41. The summed E-state index contributed by atoms with van der Waals surface area (Å²) in [7, 11) is 1.67. The van der Waals surface area contributed by atoms with Crippen LogP contribution >= 0.6 is 0 Å². The number of carbonyl (C=O) groups excluding carboxylic acids is 2. The number of pyridine rings is 1. The third kappa shape index (κ3) is 3.93. The van der Waals surface area contributed by atoms with Gasteiger partial charge >= 0.3 is 0 Å². The molecule has 1 aliphatic carbocycles. The molecule has 0 spiro atoms. The maximum Gasteiger partial charge on any atom is 0.267 e. The summed E-state index contributed by atoms with van der Waals surface area (Å²) >= 11 is 0. The van der Waals surface area contributed by atoms with Crippen LogP contribution in [-0.2, 0) is 9.53 Å². The smallest absolute Gasteiger partial charge is 0.267 e. The minimum atomic E-state index is -0.700. The zero-order chi connectivity index (χ0) is 19.6. The molecular formula is C20H23N3O4. The maximum absolute atomic E-state index is 11.5. The molecule has 1 aromatic heterocycles. The van der Waals surface area contributed by atoms with E-state index in [2.05, 4.69) is 4.98 Å². The Hall–Kier alpha value is -2.93. The minimum Gasteiger partial charge on any atom is -0.493 e. The monoisotopic (exact) mass is 369 g/mol. The first-order chi connectivity index (χ1) is 12.9. The van der Waals surface area contributed by atoms with Crippen LogP contribution < -0.4 is 5.73 Å². The van der Waals surface area contributed by atoms with Gasteiger partial charge in [0, 0.05) is 25.6 Å². The third-order valence-electron chi connectivity index (χ3n) is 4.73. The molecule has 1 unspecified atom stereocenters. The number of amides is 2. The van der Waals surface area contributed by atoms with Gasteiger partial charge in [-0.25, -0.2) is 4.98 Å². The molecule has 0 bridgehead atoms. The van der Waals surface area contributed by atoms with Gasteiger partial charge in [0.05, 0.1) is 18.4 Å². The summed E-state index contributed by atoms with van der Waals surface area (Å²) in [5, 5.41) is 10.3. The summed E-state index contributed by atoms with van der Waals surface area (Å²) < 4.78 is 5.82. The molecule has 142 valence electrons. The predicted molar refractivity (Wildman–Crippen MR) is 100 cm³/mol. The second kappa shape index (κ2) is 7.75. The summed E-state index contributed by atoms with van der Waals surface area (Å²) in [4.78, 5) is 28.4. The fraction of sp³-hybridized carbons (Fsp3) is 0.350. The molecule has 1 aromatic rings. The molecule has 7 heteroatoms. The molecule has 3 rings (SSSR count). The number of primary amides is 1. The van der Waals surface area contributed by atoms with Crippen molar-refractivity contribution in [3.8, 4) is 0 Å².